The van der Waals surface area contributed by atoms with Crippen molar-refractivity contribution < 1.29 is 0 Å². The van der Waals surface area contributed by atoms with Crippen molar-refractivity contribution in [3.8, 4) is 10.7 Å². The maximum atomic E-state index is 5.96. The van der Waals surface area contributed by atoms with Crippen LogP contribution in [0.1, 0.15) is 19.5 Å². The maximum Gasteiger partial charge on any atom is 0.143 e. The third-order valence-corrected chi connectivity index (χ3v) is 2.81. The minimum Gasteiger partial charge on any atom is -0.321 e. The summed E-state index contributed by atoms with van der Waals surface area (Å²) in [6.45, 7) is 3.87. The molecule has 0 spiro atoms. The van der Waals surface area contributed by atoms with E-state index in [0.29, 0.717) is 0 Å². The molecule has 0 aromatic carbocycles. The van der Waals surface area contributed by atoms with E-state index >= 15 is 0 Å². The van der Waals surface area contributed by atoms with E-state index in [1.807, 2.05) is 19.2 Å². The summed E-state index contributed by atoms with van der Waals surface area (Å²) < 4.78 is 0. The Labute approximate surface area is 92.2 Å². The molecule has 15 heavy (non-hydrogen) atoms. The van der Waals surface area contributed by atoms with Gasteiger partial charge in [0.1, 0.15) is 10.7 Å². The Morgan fingerprint density at radius 3 is 2.67 bits per heavy atom. The smallest absolute Gasteiger partial charge is 0.143 e. The SMILES string of the molecule is CC(C)(N)c1csc(-c2cnccn2)n1. The Hall–Kier alpha value is -1.33. The fourth-order valence-electron chi connectivity index (χ4n) is 1.10. The highest BCUT2D eigenvalue weighted by Gasteiger charge is 2.18. The zero-order valence-electron chi connectivity index (χ0n) is 8.64. The van der Waals surface area contributed by atoms with Gasteiger partial charge in [0.15, 0.2) is 0 Å². The molecule has 0 aliphatic carbocycles. The Bertz CT molecular complexity index is 444. The van der Waals surface area contributed by atoms with Crippen LogP contribution in [0.15, 0.2) is 24.0 Å². The molecule has 0 saturated carbocycles. The number of aromatic nitrogens is 3. The van der Waals surface area contributed by atoms with Gasteiger partial charge in [0.25, 0.3) is 0 Å². The van der Waals surface area contributed by atoms with Gasteiger partial charge in [-0.1, -0.05) is 0 Å². The minimum atomic E-state index is -0.406. The van der Waals surface area contributed by atoms with Crippen molar-refractivity contribution in [1.82, 2.24) is 15.0 Å². The Morgan fingerprint density at radius 1 is 1.33 bits per heavy atom. The quantitative estimate of drug-likeness (QED) is 0.838. The zero-order valence-corrected chi connectivity index (χ0v) is 9.45. The molecule has 0 unspecified atom stereocenters. The van der Waals surface area contributed by atoms with E-state index in [0.717, 1.165) is 16.4 Å². The largest absolute Gasteiger partial charge is 0.321 e. The molecule has 2 aromatic rings. The standard InChI is InChI=1S/C10H12N4S/c1-10(2,11)8-6-15-9(14-8)7-5-12-3-4-13-7/h3-6H,11H2,1-2H3. The molecule has 4 nitrogen and oxygen atoms in total. The first-order valence-corrected chi connectivity index (χ1v) is 5.46. The van der Waals surface area contributed by atoms with Crippen LogP contribution >= 0.6 is 11.3 Å². The van der Waals surface area contributed by atoms with E-state index in [-0.39, 0.29) is 0 Å². The molecule has 0 saturated heterocycles. The molecule has 0 bridgehead atoms. The van der Waals surface area contributed by atoms with Crippen LogP contribution in [0.5, 0.6) is 0 Å². The van der Waals surface area contributed by atoms with Gasteiger partial charge in [0, 0.05) is 17.8 Å². The van der Waals surface area contributed by atoms with Crippen molar-refractivity contribution in [2.45, 2.75) is 19.4 Å². The molecule has 0 amide bonds. The third kappa shape index (κ3) is 2.19. The molecule has 78 valence electrons. The van der Waals surface area contributed by atoms with Crippen LogP contribution in [0.2, 0.25) is 0 Å². The van der Waals surface area contributed by atoms with Crippen molar-refractivity contribution in [2.75, 3.05) is 0 Å². The van der Waals surface area contributed by atoms with Crippen molar-refractivity contribution in [2.24, 2.45) is 5.73 Å². The van der Waals surface area contributed by atoms with Crippen molar-refractivity contribution in [1.29, 1.82) is 0 Å². The fourth-order valence-corrected chi connectivity index (χ4v) is 2.05. The van der Waals surface area contributed by atoms with Crippen LogP contribution in [0.3, 0.4) is 0 Å². The first-order valence-electron chi connectivity index (χ1n) is 4.58. The molecule has 2 N–H and O–H groups in total. The summed E-state index contributed by atoms with van der Waals surface area (Å²) in [6.07, 6.45) is 5.00. The van der Waals surface area contributed by atoms with Crippen LogP contribution in [0.25, 0.3) is 10.7 Å². The van der Waals surface area contributed by atoms with Gasteiger partial charge < -0.3 is 5.73 Å². The molecular formula is C10H12N4S. The summed E-state index contributed by atoms with van der Waals surface area (Å²) in [4.78, 5) is 12.6. The van der Waals surface area contributed by atoms with Gasteiger partial charge >= 0.3 is 0 Å². The topological polar surface area (TPSA) is 64.7 Å². The average Bonchev–Trinajstić information content (AvgIpc) is 2.67. The van der Waals surface area contributed by atoms with Gasteiger partial charge in [0.2, 0.25) is 0 Å². The van der Waals surface area contributed by atoms with Gasteiger partial charge in [-0.2, -0.15) is 0 Å². The zero-order chi connectivity index (χ0) is 10.9. The van der Waals surface area contributed by atoms with Crippen molar-refractivity contribution >= 4 is 11.3 Å². The van der Waals surface area contributed by atoms with Gasteiger partial charge in [-0.25, -0.2) is 4.98 Å². The molecule has 2 heterocycles. The third-order valence-electron chi connectivity index (χ3n) is 1.95. The van der Waals surface area contributed by atoms with Crippen LogP contribution in [-0.2, 0) is 5.54 Å². The van der Waals surface area contributed by atoms with E-state index in [9.17, 15) is 0 Å². The monoisotopic (exact) mass is 220 g/mol. The predicted octanol–water partition coefficient (Wildman–Crippen LogP) is 1.79. The molecule has 0 aliphatic rings. The molecule has 0 atom stereocenters. The highest BCUT2D eigenvalue weighted by atomic mass is 32.1. The van der Waals surface area contributed by atoms with Crippen LogP contribution in [0, 0.1) is 0 Å². The van der Waals surface area contributed by atoms with Crippen LogP contribution in [0.4, 0.5) is 0 Å². The Kier molecular flexibility index (Phi) is 2.50. The van der Waals surface area contributed by atoms with Gasteiger partial charge in [-0.05, 0) is 13.8 Å². The number of nitrogens with zero attached hydrogens (tertiary/aromatic N) is 3. The normalized spacial score (nSPS) is 11.7. The first-order chi connectivity index (χ1) is 7.07. The highest BCUT2D eigenvalue weighted by Crippen LogP contribution is 2.25. The number of nitrogens with two attached hydrogens (primary N) is 1. The molecule has 2 rings (SSSR count). The van der Waals surface area contributed by atoms with Gasteiger partial charge in [-0.3, -0.25) is 9.97 Å². The van der Waals surface area contributed by atoms with Crippen LogP contribution < -0.4 is 5.73 Å². The van der Waals surface area contributed by atoms with E-state index in [1.54, 1.807) is 18.6 Å². The first kappa shape index (κ1) is 10.2. The van der Waals surface area contributed by atoms with E-state index in [1.165, 1.54) is 11.3 Å². The fraction of sp³-hybridized carbons (Fsp3) is 0.300. The lowest BCUT2D eigenvalue weighted by molar-refractivity contribution is 0.539. The summed E-state index contributed by atoms with van der Waals surface area (Å²) in [5.74, 6) is 0. The second-order valence-electron chi connectivity index (χ2n) is 3.85. The van der Waals surface area contributed by atoms with E-state index in [4.69, 9.17) is 5.73 Å². The number of hydrogen-bond donors (Lipinski definition) is 1. The average molecular weight is 220 g/mol. The molecule has 2 aromatic heterocycles. The summed E-state index contributed by atoms with van der Waals surface area (Å²) in [5, 5.41) is 2.82. The van der Waals surface area contributed by atoms with Crippen molar-refractivity contribution in [3.05, 3.63) is 29.7 Å². The lowest BCUT2D eigenvalue weighted by Crippen LogP contribution is -2.28. The molecule has 0 radical (unpaired) electrons. The van der Waals surface area contributed by atoms with Gasteiger partial charge in [0.05, 0.1) is 17.4 Å². The minimum absolute atomic E-state index is 0.406. The molecule has 5 heteroatoms. The Balaban J connectivity index is 2.37. The molecule has 0 fully saturated rings. The second kappa shape index (κ2) is 3.67. The summed E-state index contributed by atoms with van der Waals surface area (Å²) in [6, 6.07) is 0. The van der Waals surface area contributed by atoms with Crippen LogP contribution in [-0.4, -0.2) is 15.0 Å². The summed E-state index contributed by atoms with van der Waals surface area (Å²) in [7, 11) is 0. The van der Waals surface area contributed by atoms with E-state index in [2.05, 4.69) is 15.0 Å². The summed E-state index contributed by atoms with van der Waals surface area (Å²) >= 11 is 1.54. The van der Waals surface area contributed by atoms with Crippen molar-refractivity contribution in [3.63, 3.8) is 0 Å². The highest BCUT2D eigenvalue weighted by molar-refractivity contribution is 7.13. The molecule has 0 aliphatic heterocycles. The second-order valence-corrected chi connectivity index (χ2v) is 4.71. The lowest BCUT2D eigenvalue weighted by atomic mass is 10.0. The Morgan fingerprint density at radius 2 is 2.13 bits per heavy atom. The number of hydrogen-bond acceptors (Lipinski definition) is 5. The summed E-state index contributed by atoms with van der Waals surface area (Å²) in [5.41, 5.74) is 7.22. The molecular weight excluding hydrogens is 208 g/mol. The predicted molar refractivity (Wildman–Crippen MR) is 60.4 cm³/mol. The van der Waals surface area contributed by atoms with E-state index < -0.39 is 5.54 Å². The van der Waals surface area contributed by atoms with Gasteiger partial charge in [-0.15, -0.1) is 11.3 Å². The number of thiazole rings is 1. The maximum absolute atomic E-state index is 5.96. The lowest BCUT2D eigenvalue weighted by Gasteiger charge is -2.14. The number of rotatable bonds is 2.